The molecule has 0 aliphatic heterocycles. The Labute approximate surface area is 410 Å². The normalized spacial score (nSPS) is 12.9. The van der Waals surface area contributed by atoms with Crippen LogP contribution in [0.3, 0.4) is 0 Å². The number of benzene rings is 11. The van der Waals surface area contributed by atoms with Crippen molar-refractivity contribution in [2.24, 2.45) is 0 Å². The first kappa shape index (κ1) is 42.2. The van der Waals surface area contributed by atoms with Gasteiger partial charge in [0.15, 0.2) is 0 Å². The molecule has 334 valence electrons. The van der Waals surface area contributed by atoms with Crippen molar-refractivity contribution in [3.05, 3.63) is 297 Å². The second kappa shape index (κ2) is 18.5. The lowest BCUT2D eigenvalue weighted by atomic mass is 9.90. The van der Waals surface area contributed by atoms with Gasteiger partial charge in [0.25, 0.3) is 0 Å². The summed E-state index contributed by atoms with van der Waals surface area (Å²) >= 11 is 0. The van der Waals surface area contributed by atoms with Gasteiger partial charge in [0.05, 0.1) is 0 Å². The van der Waals surface area contributed by atoms with Crippen molar-refractivity contribution in [2.75, 3.05) is 19.6 Å². The lowest BCUT2D eigenvalue weighted by Crippen LogP contribution is -2.57. The number of hydrogen-bond donors (Lipinski definition) is 0. The summed E-state index contributed by atoms with van der Waals surface area (Å²) < 4.78 is 0. The maximum Gasteiger partial charge on any atom is 0.145 e. The number of para-hydroxylation sites is 4. The number of allylic oxidation sites excluding steroid dienone is 1. The van der Waals surface area contributed by atoms with Gasteiger partial charge in [-0.1, -0.05) is 170 Å². The highest BCUT2D eigenvalue weighted by molar-refractivity contribution is 5.92. The Balaban J connectivity index is 1.02. The number of fused-ring (bicyclic) bond motifs is 3. The molecule has 70 heavy (non-hydrogen) atoms. The van der Waals surface area contributed by atoms with E-state index in [4.69, 9.17) is 0 Å². The molecule has 0 saturated heterocycles. The molecule has 11 aromatic carbocycles. The standard InChI is InChI=1S/C66H50N4/c1-5-25-56(26-6-1)67(58-39-41-59(42-40-58)68(57-27-7-2-8-28-57)63-36-33-50-19-13-16-22-53(50)47-63)60-43-45-66(46-44-60,69(61-29-9-3-10-30-61)64-37-34-51-20-14-17-23-54(51)48-64)70(62-31-11-4-12-32-62)65-38-35-52-21-15-18-24-55(52)49-65/h1-45,47-49H,46H2. The first-order valence-corrected chi connectivity index (χ1v) is 24.1. The monoisotopic (exact) mass is 898 g/mol. The quantitative estimate of drug-likeness (QED) is 0.113. The first-order chi connectivity index (χ1) is 34.7. The average Bonchev–Trinajstić information content (AvgIpc) is 3.43. The van der Waals surface area contributed by atoms with Crippen molar-refractivity contribution in [2.45, 2.75) is 12.1 Å². The fourth-order valence-corrected chi connectivity index (χ4v) is 10.3. The van der Waals surface area contributed by atoms with Gasteiger partial charge in [-0.2, -0.15) is 0 Å². The first-order valence-electron chi connectivity index (χ1n) is 24.1. The summed E-state index contributed by atoms with van der Waals surface area (Å²) in [7, 11) is 0. The highest BCUT2D eigenvalue weighted by Gasteiger charge is 2.44. The predicted molar refractivity (Wildman–Crippen MR) is 297 cm³/mol. The van der Waals surface area contributed by atoms with Gasteiger partial charge in [-0.3, -0.25) is 0 Å². The molecular formula is C66H50N4. The highest BCUT2D eigenvalue weighted by atomic mass is 15.4. The minimum atomic E-state index is -0.778. The third-order valence-corrected chi connectivity index (χ3v) is 13.6. The van der Waals surface area contributed by atoms with Gasteiger partial charge in [-0.05, 0) is 154 Å². The topological polar surface area (TPSA) is 13.0 Å². The molecule has 1 aliphatic rings. The Bertz CT molecular complexity index is 3520. The predicted octanol–water partition coefficient (Wildman–Crippen LogP) is 18.0. The zero-order valence-corrected chi connectivity index (χ0v) is 38.7. The fourth-order valence-electron chi connectivity index (χ4n) is 10.3. The maximum atomic E-state index is 2.54. The second-order valence-corrected chi connectivity index (χ2v) is 17.8. The Morgan fingerprint density at radius 3 is 0.986 bits per heavy atom. The molecule has 0 N–H and O–H groups in total. The van der Waals surface area contributed by atoms with Gasteiger partial charge in [0, 0.05) is 63.3 Å². The highest BCUT2D eigenvalue weighted by Crippen LogP contribution is 2.49. The van der Waals surface area contributed by atoms with Crippen LogP contribution < -0.4 is 19.6 Å². The molecule has 4 nitrogen and oxygen atoms in total. The van der Waals surface area contributed by atoms with Crippen LogP contribution in [0.5, 0.6) is 0 Å². The summed E-state index contributed by atoms with van der Waals surface area (Å²) in [5, 5.41) is 7.22. The van der Waals surface area contributed by atoms with Crippen molar-refractivity contribution in [1.82, 2.24) is 0 Å². The number of hydrogen-bond acceptors (Lipinski definition) is 4. The number of nitrogens with zero attached hydrogens (tertiary/aromatic N) is 4. The minimum Gasteiger partial charge on any atom is -0.314 e. The Morgan fingerprint density at radius 2 is 0.571 bits per heavy atom. The number of rotatable bonds is 12. The van der Waals surface area contributed by atoms with E-state index in [0.29, 0.717) is 6.42 Å². The smallest absolute Gasteiger partial charge is 0.145 e. The van der Waals surface area contributed by atoms with Gasteiger partial charge in [0.2, 0.25) is 0 Å². The average molecular weight is 899 g/mol. The largest absolute Gasteiger partial charge is 0.314 e. The van der Waals surface area contributed by atoms with E-state index >= 15 is 0 Å². The van der Waals surface area contributed by atoms with Crippen LogP contribution in [0.4, 0.5) is 51.2 Å². The van der Waals surface area contributed by atoms with Crippen LogP contribution in [0.15, 0.2) is 297 Å². The lowest BCUT2D eigenvalue weighted by Gasteiger charge is -2.52. The molecule has 0 heterocycles. The van der Waals surface area contributed by atoms with E-state index in [1.807, 2.05) is 0 Å². The molecule has 0 amide bonds. The van der Waals surface area contributed by atoms with Crippen LogP contribution in [0.1, 0.15) is 6.42 Å². The summed E-state index contributed by atoms with van der Waals surface area (Å²) in [6.07, 6.45) is 7.84. The Kier molecular flexibility index (Phi) is 11.2. The second-order valence-electron chi connectivity index (χ2n) is 17.8. The molecule has 0 spiro atoms. The zero-order chi connectivity index (χ0) is 46.7. The van der Waals surface area contributed by atoms with Crippen LogP contribution in [0.25, 0.3) is 32.3 Å². The maximum absolute atomic E-state index is 2.54. The van der Waals surface area contributed by atoms with E-state index in [1.165, 1.54) is 32.3 Å². The fraction of sp³-hybridized carbons (Fsp3) is 0.0303. The summed E-state index contributed by atoms with van der Waals surface area (Å²) in [5.41, 5.74) is 10.1. The molecule has 11 aromatic rings. The minimum absolute atomic E-state index is 0.632. The third-order valence-electron chi connectivity index (χ3n) is 13.6. The molecule has 0 radical (unpaired) electrons. The van der Waals surface area contributed by atoms with Crippen LogP contribution >= 0.6 is 0 Å². The van der Waals surface area contributed by atoms with Crippen LogP contribution in [-0.4, -0.2) is 5.66 Å². The van der Waals surface area contributed by atoms with Gasteiger partial charge in [-0.15, -0.1) is 0 Å². The van der Waals surface area contributed by atoms with E-state index < -0.39 is 5.66 Å². The molecule has 0 atom stereocenters. The van der Waals surface area contributed by atoms with Gasteiger partial charge < -0.3 is 19.6 Å². The van der Waals surface area contributed by atoms with Crippen molar-refractivity contribution in [3.63, 3.8) is 0 Å². The molecule has 4 heteroatoms. The molecule has 0 saturated carbocycles. The van der Waals surface area contributed by atoms with Crippen LogP contribution in [0.2, 0.25) is 0 Å². The molecule has 0 aromatic heterocycles. The van der Waals surface area contributed by atoms with Crippen molar-refractivity contribution >= 4 is 83.5 Å². The summed E-state index contributed by atoms with van der Waals surface area (Å²) in [5.74, 6) is 0. The van der Waals surface area contributed by atoms with Crippen LogP contribution in [-0.2, 0) is 0 Å². The van der Waals surface area contributed by atoms with Gasteiger partial charge in [0.1, 0.15) is 5.66 Å². The van der Waals surface area contributed by atoms with Crippen LogP contribution in [0, 0.1) is 0 Å². The van der Waals surface area contributed by atoms with E-state index in [9.17, 15) is 0 Å². The SMILES string of the molecule is C1=CC(N(c2ccccc2)c2ccc3ccccc3c2)(N(c2ccccc2)c2ccc3ccccc3c2)CC=C1N(c1ccccc1)c1ccc(N(c2ccccc2)c2ccc3ccccc3c2)cc1. The third kappa shape index (κ3) is 8.01. The van der Waals surface area contributed by atoms with E-state index in [0.717, 1.165) is 56.9 Å². The van der Waals surface area contributed by atoms with Gasteiger partial charge >= 0.3 is 0 Å². The van der Waals surface area contributed by atoms with Gasteiger partial charge in [-0.25, -0.2) is 0 Å². The van der Waals surface area contributed by atoms with Crippen molar-refractivity contribution in [3.8, 4) is 0 Å². The molecule has 0 unspecified atom stereocenters. The molecule has 0 fully saturated rings. The summed E-state index contributed by atoms with van der Waals surface area (Å²) in [4.78, 5) is 9.81. The van der Waals surface area contributed by atoms with Crippen molar-refractivity contribution in [1.29, 1.82) is 0 Å². The van der Waals surface area contributed by atoms with E-state index in [-0.39, 0.29) is 0 Å². The molecule has 1 aliphatic carbocycles. The molecular weight excluding hydrogens is 849 g/mol. The van der Waals surface area contributed by atoms with E-state index in [1.54, 1.807) is 0 Å². The summed E-state index contributed by atoms with van der Waals surface area (Å²) in [6, 6.07) is 98.4. The Hall–Kier alpha value is -9.12. The Morgan fingerprint density at radius 1 is 0.257 bits per heavy atom. The number of anilines is 9. The zero-order valence-electron chi connectivity index (χ0n) is 38.7. The molecule has 12 rings (SSSR count). The lowest BCUT2D eigenvalue weighted by molar-refractivity contribution is 0.522. The summed E-state index contributed by atoms with van der Waals surface area (Å²) in [6.45, 7) is 0. The van der Waals surface area contributed by atoms with Crippen molar-refractivity contribution < 1.29 is 0 Å². The van der Waals surface area contributed by atoms with E-state index in [2.05, 4.69) is 311 Å². The molecule has 0 bridgehead atoms.